The van der Waals surface area contributed by atoms with Crippen LogP contribution >= 0.6 is 11.6 Å². The summed E-state index contributed by atoms with van der Waals surface area (Å²) in [6.45, 7) is 4.42. The first kappa shape index (κ1) is 13.9. The van der Waals surface area contributed by atoms with Crippen molar-refractivity contribution in [2.75, 3.05) is 12.4 Å². The van der Waals surface area contributed by atoms with Crippen LogP contribution < -0.4 is 5.32 Å². The average Bonchev–Trinajstić information content (AvgIpc) is 2.76. The molecule has 0 fully saturated rings. The fourth-order valence-electron chi connectivity index (χ4n) is 2.23. The first-order valence-corrected chi connectivity index (χ1v) is 7.02. The first-order valence-electron chi connectivity index (χ1n) is 6.48. The summed E-state index contributed by atoms with van der Waals surface area (Å²) < 4.78 is 1.97. The van der Waals surface area contributed by atoms with Crippen LogP contribution in [0.1, 0.15) is 25.7 Å². The number of likely N-dealkylation sites (N-methyl/N-ethyl adjacent to an activating group) is 1. The summed E-state index contributed by atoms with van der Waals surface area (Å²) in [5.41, 5.74) is 1.88. The van der Waals surface area contributed by atoms with Gasteiger partial charge in [0.05, 0.1) is 11.0 Å². The van der Waals surface area contributed by atoms with Gasteiger partial charge in [-0.3, -0.25) is 4.79 Å². The van der Waals surface area contributed by atoms with Crippen molar-refractivity contribution in [3.63, 3.8) is 0 Å². The summed E-state index contributed by atoms with van der Waals surface area (Å²) >= 11 is 5.83. The smallest absolute Gasteiger partial charge is 0.242 e. The Balaban J connectivity index is 2.49. The van der Waals surface area contributed by atoms with E-state index >= 15 is 0 Å². The van der Waals surface area contributed by atoms with Crippen molar-refractivity contribution in [2.45, 2.75) is 26.3 Å². The number of hydrogen-bond acceptors (Lipinski definition) is 2. The summed E-state index contributed by atoms with van der Waals surface area (Å²) in [5, 5.41) is 2.85. The number of rotatable bonds is 5. The lowest BCUT2D eigenvalue weighted by Crippen LogP contribution is -2.31. The third kappa shape index (κ3) is 2.73. The van der Waals surface area contributed by atoms with Crippen molar-refractivity contribution < 1.29 is 4.79 Å². The number of amides is 1. The number of nitrogens with one attached hydrogen (secondary N) is 1. The van der Waals surface area contributed by atoms with Crippen LogP contribution in [-0.2, 0) is 11.2 Å². The third-order valence-electron chi connectivity index (χ3n) is 3.10. The molecule has 0 aliphatic rings. The van der Waals surface area contributed by atoms with E-state index < -0.39 is 0 Å². The number of halogens is 1. The zero-order valence-electron chi connectivity index (χ0n) is 11.2. The molecule has 0 radical (unpaired) electrons. The number of imidazole rings is 1. The zero-order valence-corrected chi connectivity index (χ0v) is 11.9. The van der Waals surface area contributed by atoms with Gasteiger partial charge in [-0.2, -0.15) is 0 Å². The Kier molecular flexibility index (Phi) is 4.43. The lowest BCUT2D eigenvalue weighted by molar-refractivity contribution is -0.123. The van der Waals surface area contributed by atoms with Gasteiger partial charge < -0.3 is 9.88 Å². The van der Waals surface area contributed by atoms with Gasteiger partial charge in [0.2, 0.25) is 5.91 Å². The topological polar surface area (TPSA) is 46.9 Å². The Bertz CT molecular complexity index is 579. The Labute approximate surface area is 117 Å². The molecule has 0 aliphatic heterocycles. The highest BCUT2D eigenvalue weighted by atomic mass is 35.5. The van der Waals surface area contributed by atoms with Gasteiger partial charge in [-0.05, 0) is 26.0 Å². The fraction of sp³-hybridized carbons (Fsp3) is 0.429. The van der Waals surface area contributed by atoms with Crippen LogP contribution in [0.4, 0.5) is 0 Å². The van der Waals surface area contributed by atoms with E-state index in [4.69, 9.17) is 11.6 Å². The molecule has 1 aromatic heterocycles. The molecular weight excluding hydrogens is 262 g/mol. The van der Waals surface area contributed by atoms with E-state index in [0.29, 0.717) is 18.8 Å². The minimum atomic E-state index is -0.287. The second-order valence-corrected chi connectivity index (χ2v) is 4.77. The Morgan fingerprint density at radius 1 is 1.47 bits per heavy atom. The van der Waals surface area contributed by atoms with E-state index in [9.17, 15) is 4.79 Å². The summed E-state index contributed by atoms with van der Waals surface area (Å²) in [5.74, 6) is 1.35. The highest BCUT2D eigenvalue weighted by Crippen LogP contribution is 2.21. The number of carbonyl (C=O) groups excluding carboxylic acids is 1. The number of fused-ring (bicyclic) bond motifs is 1. The third-order valence-corrected chi connectivity index (χ3v) is 3.29. The first-order chi connectivity index (χ1) is 9.19. The molecule has 1 heterocycles. The van der Waals surface area contributed by atoms with E-state index in [1.54, 1.807) is 0 Å². The maximum atomic E-state index is 12.0. The van der Waals surface area contributed by atoms with Crippen LogP contribution in [0.15, 0.2) is 24.3 Å². The molecular formula is C14H18ClN3O. The van der Waals surface area contributed by atoms with E-state index in [0.717, 1.165) is 16.9 Å². The molecule has 5 heteroatoms. The highest BCUT2D eigenvalue weighted by molar-refractivity contribution is 6.17. The van der Waals surface area contributed by atoms with Crippen molar-refractivity contribution in [3.8, 4) is 0 Å². The van der Waals surface area contributed by atoms with Crippen LogP contribution in [0, 0.1) is 0 Å². The SMILES string of the molecule is CCNC(=O)C(C)n1c(CCCl)nc2ccccc21. The van der Waals surface area contributed by atoms with Gasteiger partial charge >= 0.3 is 0 Å². The maximum absolute atomic E-state index is 12.0. The lowest BCUT2D eigenvalue weighted by Gasteiger charge is -2.16. The average molecular weight is 280 g/mol. The zero-order chi connectivity index (χ0) is 13.8. The normalized spacial score (nSPS) is 12.6. The Morgan fingerprint density at radius 2 is 2.21 bits per heavy atom. The van der Waals surface area contributed by atoms with E-state index in [1.165, 1.54) is 0 Å². The molecule has 1 aromatic carbocycles. The van der Waals surface area contributed by atoms with Crippen molar-refractivity contribution in [1.82, 2.24) is 14.9 Å². The number of para-hydroxylation sites is 2. The van der Waals surface area contributed by atoms with Crippen LogP contribution in [0.25, 0.3) is 11.0 Å². The Hall–Kier alpha value is -1.55. The molecule has 1 unspecified atom stereocenters. The molecule has 19 heavy (non-hydrogen) atoms. The second-order valence-electron chi connectivity index (χ2n) is 4.40. The van der Waals surface area contributed by atoms with Crippen LogP contribution in [0.5, 0.6) is 0 Å². The number of nitrogens with zero attached hydrogens (tertiary/aromatic N) is 2. The molecule has 0 aliphatic carbocycles. The number of carbonyl (C=O) groups is 1. The van der Waals surface area contributed by atoms with Gasteiger partial charge in [0.15, 0.2) is 0 Å². The van der Waals surface area contributed by atoms with E-state index in [-0.39, 0.29) is 11.9 Å². The molecule has 2 rings (SSSR count). The minimum absolute atomic E-state index is 0.00137. The standard InChI is InChI=1S/C14H18ClN3O/c1-3-16-14(19)10(2)18-12-7-5-4-6-11(12)17-13(18)8-9-15/h4-7,10H,3,8-9H2,1-2H3,(H,16,19). The fourth-order valence-corrected chi connectivity index (χ4v) is 2.40. The Morgan fingerprint density at radius 3 is 2.89 bits per heavy atom. The van der Waals surface area contributed by atoms with Crippen LogP contribution in [0.2, 0.25) is 0 Å². The number of benzene rings is 1. The number of alkyl halides is 1. The molecule has 2 aromatic rings. The summed E-state index contributed by atoms with van der Waals surface area (Å²) in [7, 11) is 0. The van der Waals surface area contributed by atoms with Gasteiger partial charge in [-0.1, -0.05) is 12.1 Å². The minimum Gasteiger partial charge on any atom is -0.355 e. The molecule has 0 spiro atoms. The molecule has 1 amide bonds. The van der Waals surface area contributed by atoms with Crippen molar-refractivity contribution in [2.24, 2.45) is 0 Å². The summed E-state index contributed by atoms with van der Waals surface area (Å²) in [4.78, 5) is 16.6. The van der Waals surface area contributed by atoms with Crippen molar-refractivity contribution >= 4 is 28.5 Å². The lowest BCUT2D eigenvalue weighted by atomic mass is 10.2. The van der Waals surface area contributed by atoms with E-state index in [2.05, 4.69) is 10.3 Å². The second kappa shape index (κ2) is 6.06. The molecule has 0 saturated heterocycles. The molecule has 1 atom stereocenters. The molecule has 102 valence electrons. The molecule has 1 N–H and O–H groups in total. The molecule has 4 nitrogen and oxygen atoms in total. The summed E-state index contributed by atoms with van der Waals surface area (Å²) in [6.07, 6.45) is 0.653. The monoisotopic (exact) mass is 279 g/mol. The maximum Gasteiger partial charge on any atom is 0.242 e. The van der Waals surface area contributed by atoms with Crippen molar-refractivity contribution in [3.05, 3.63) is 30.1 Å². The van der Waals surface area contributed by atoms with Gasteiger partial charge in [-0.25, -0.2) is 4.98 Å². The number of hydrogen-bond donors (Lipinski definition) is 1. The molecule has 0 bridgehead atoms. The number of aryl methyl sites for hydroxylation is 1. The molecule has 0 saturated carbocycles. The van der Waals surface area contributed by atoms with Gasteiger partial charge in [0.25, 0.3) is 0 Å². The highest BCUT2D eigenvalue weighted by Gasteiger charge is 2.20. The predicted octanol–water partition coefficient (Wildman–Crippen LogP) is 2.51. The van der Waals surface area contributed by atoms with Gasteiger partial charge in [0, 0.05) is 18.8 Å². The van der Waals surface area contributed by atoms with Crippen LogP contribution in [-0.4, -0.2) is 27.9 Å². The van der Waals surface area contributed by atoms with Crippen LogP contribution in [0.3, 0.4) is 0 Å². The van der Waals surface area contributed by atoms with E-state index in [1.807, 2.05) is 42.7 Å². The number of aromatic nitrogens is 2. The quantitative estimate of drug-likeness (QED) is 0.855. The largest absolute Gasteiger partial charge is 0.355 e. The predicted molar refractivity (Wildman–Crippen MR) is 77.6 cm³/mol. The van der Waals surface area contributed by atoms with Gasteiger partial charge in [-0.15, -0.1) is 11.6 Å². The summed E-state index contributed by atoms with van der Waals surface area (Å²) in [6, 6.07) is 7.55. The van der Waals surface area contributed by atoms with Crippen molar-refractivity contribution in [1.29, 1.82) is 0 Å². The van der Waals surface area contributed by atoms with Gasteiger partial charge in [0.1, 0.15) is 11.9 Å².